The molecule has 1 aliphatic heterocycles. The maximum absolute atomic E-state index is 12.2. The van der Waals surface area contributed by atoms with Gasteiger partial charge in [-0.1, -0.05) is 24.3 Å². The lowest BCUT2D eigenvalue weighted by atomic mass is 9.95. The fourth-order valence-electron chi connectivity index (χ4n) is 2.35. The van der Waals surface area contributed by atoms with Crippen molar-refractivity contribution in [2.24, 2.45) is 0 Å². The van der Waals surface area contributed by atoms with Crippen LogP contribution < -0.4 is 10.6 Å². The SMILES string of the molecule is CSCCC(C)NC(=O)[C@H]1Cc2ccccc2CN1. The van der Waals surface area contributed by atoms with Crippen LogP contribution in [0.25, 0.3) is 0 Å². The molecule has 1 amide bonds. The van der Waals surface area contributed by atoms with Crippen LogP contribution in [-0.4, -0.2) is 30.0 Å². The van der Waals surface area contributed by atoms with Gasteiger partial charge in [-0.15, -0.1) is 0 Å². The summed E-state index contributed by atoms with van der Waals surface area (Å²) in [4.78, 5) is 12.2. The smallest absolute Gasteiger partial charge is 0.237 e. The van der Waals surface area contributed by atoms with Gasteiger partial charge < -0.3 is 10.6 Å². The normalized spacial score (nSPS) is 19.6. The van der Waals surface area contributed by atoms with Crippen LogP contribution in [0.5, 0.6) is 0 Å². The van der Waals surface area contributed by atoms with Gasteiger partial charge in [-0.25, -0.2) is 0 Å². The Balaban J connectivity index is 1.88. The summed E-state index contributed by atoms with van der Waals surface area (Å²) in [6, 6.07) is 8.49. The lowest BCUT2D eigenvalue weighted by Gasteiger charge is -2.26. The van der Waals surface area contributed by atoms with Crippen LogP contribution >= 0.6 is 11.8 Å². The van der Waals surface area contributed by atoms with E-state index in [1.165, 1.54) is 11.1 Å². The average Bonchev–Trinajstić information content (AvgIpc) is 2.44. The molecule has 104 valence electrons. The van der Waals surface area contributed by atoms with Crippen molar-refractivity contribution in [2.75, 3.05) is 12.0 Å². The number of amides is 1. The summed E-state index contributed by atoms with van der Waals surface area (Å²) >= 11 is 1.82. The minimum absolute atomic E-state index is 0.0911. The van der Waals surface area contributed by atoms with E-state index >= 15 is 0 Å². The van der Waals surface area contributed by atoms with Gasteiger partial charge in [0.15, 0.2) is 0 Å². The molecule has 3 nitrogen and oxygen atoms in total. The van der Waals surface area contributed by atoms with Crippen LogP contribution in [0.15, 0.2) is 24.3 Å². The Bertz CT molecular complexity index is 436. The Morgan fingerprint density at radius 3 is 2.95 bits per heavy atom. The third-order valence-corrected chi connectivity index (χ3v) is 4.19. The van der Waals surface area contributed by atoms with Crippen molar-refractivity contribution in [1.82, 2.24) is 10.6 Å². The highest BCUT2D eigenvalue weighted by atomic mass is 32.2. The molecule has 2 atom stereocenters. The van der Waals surface area contributed by atoms with Crippen molar-refractivity contribution >= 4 is 17.7 Å². The van der Waals surface area contributed by atoms with Crippen molar-refractivity contribution in [2.45, 2.75) is 38.4 Å². The number of benzene rings is 1. The number of carbonyl (C=O) groups is 1. The summed E-state index contributed by atoms with van der Waals surface area (Å²) < 4.78 is 0. The van der Waals surface area contributed by atoms with Gasteiger partial charge in [0.1, 0.15) is 0 Å². The molecule has 2 N–H and O–H groups in total. The van der Waals surface area contributed by atoms with Gasteiger partial charge in [0.05, 0.1) is 6.04 Å². The van der Waals surface area contributed by atoms with E-state index in [0.29, 0.717) is 0 Å². The van der Waals surface area contributed by atoms with Crippen LogP contribution in [-0.2, 0) is 17.8 Å². The van der Waals surface area contributed by atoms with E-state index in [2.05, 4.69) is 35.9 Å². The summed E-state index contributed by atoms with van der Waals surface area (Å²) in [5, 5.41) is 6.42. The molecule has 0 fully saturated rings. The summed E-state index contributed by atoms with van der Waals surface area (Å²) in [6.45, 7) is 2.86. The Morgan fingerprint density at radius 1 is 1.47 bits per heavy atom. The molecule has 0 spiro atoms. The topological polar surface area (TPSA) is 41.1 Å². The number of hydrogen-bond donors (Lipinski definition) is 2. The van der Waals surface area contributed by atoms with Crippen molar-refractivity contribution in [3.05, 3.63) is 35.4 Å². The molecule has 0 saturated heterocycles. The Labute approximate surface area is 119 Å². The number of fused-ring (bicyclic) bond motifs is 1. The van der Waals surface area contributed by atoms with Crippen molar-refractivity contribution in [3.63, 3.8) is 0 Å². The second-order valence-electron chi connectivity index (χ2n) is 5.10. The summed E-state index contributed by atoms with van der Waals surface area (Å²) in [6.07, 6.45) is 3.90. The highest BCUT2D eigenvalue weighted by Gasteiger charge is 2.24. The number of hydrogen-bond acceptors (Lipinski definition) is 3. The van der Waals surface area contributed by atoms with E-state index in [1.54, 1.807) is 0 Å². The molecule has 1 aliphatic rings. The van der Waals surface area contributed by atoms with Gasteiger partial charge in [-0.2, -0.15) is 11.8 Å². The third-order valence-electron chi connectivity index (χ3n) is 3.54. The third kappa shape index (κ3) is 3.98. The van der Waals surface area contributed by atoms with Crippen molar-refractivity contribution in [3.8, 4) is 0 Å². The maximum atomic E-state index is 12.2. The molecule has 0 aromatic heterocycles. The predicted octanol–water partition coefficient (Wildman–Crippen LogP) is 1.96. The van der Waals surface area contributed by atoms with Gasteiger partial charge >= 0.3 is 0 Å². The fraction of sp³-hybridized carbons (Fsp3) is 0.533. The van der Waals surface area contributed by atoms with Crippen LogP contribution in [0.3, 0.4) is 0 Å². The van der Waals surface area contributed by atoms with Crippen LogP contribution in [0.2, 0.25) is 0 Å². The summed E-state index contributed by atoms with van der Waals surface area (Å²) in [5.74, 6) is 1.21. The number of carbonyl (C=O) groups excluding carboxylic acids is 1. The molecule has 0 bridgehead atoms. The number of nitrogens with one attached hydrogen (secondary N) is 2. The predicted molar refractivity (Wildman–Crippen MR) is 81.4 cm³/mol. The molecule has 0 aliphatic carbocycles. The van der Waals surface area contributed by atoms with E-state index in [1.807, 2.05) is 23.9 Å². The van der Waals surface area contributed by atoms with Gasteiger partial charge in [0.25, 0.3) is 0 Å². The highest BCUT2D eigenvalue weighted by Crippen LogP contribution is 2.16. The number of thioether (sulfide) groups is 1. The van der Waals surface area contributed by atoms with Gasteiger partial charge in [-0.05, 0) is 42.9 Å². The second kappa shape index (κ2) is 6.96. The molecule has 1 aromatic carbocycles. The zero-order chi connectivity index (χ0) is 13.7. The van der Waals surface area contributed by atoms with Crippen LogP contribution in [0.4, 0.5) is 0 Å². The van der Waals surface area contributed by atoms with E-state index < -0.39 is 0 Å². The van der Waals surface area contributed by atoms with Gasteiger partial charge in [0.2, 0.25) is 5.91 Å². The monoisotopic (exact) mass is 278 g/mol. The largest absolute Gasteiger partial charge is 0.352 e. The zero-order valence-corrected chi connectivity index (χ0v) is 12.4. The van der Waals surface area contributed by atoms with E-state index in [9.17, 15) is 4.79 Å². The molecule has 1 heterocycles. The quantitative estimate of drug-likeness (QED) is 0.865. The number of rotatable bonds is 5. The Hall–Kier alpha value is -1.00. The molecular formula is C15H22N2OS. The molecule has 2 rings (SSSR count). The van der Waals surface area contributed by atoms with Crippen molar-refractivity contribution < 1.29 is 4.79 Å². The highest BCUT2D eigenvalue weighted by molar-refractivity contribution is 7.98. The summed E-state index contributed by atoms with van der Waals surface area (Å²) in [5.41, 5.74) is 2.60. The van der Waals surface area contributed by atoms with Crippen molar-refractivity contribution in [1.29, 1.82) is 0 Å². The first kappa shape index (κ1) is 14.4. The molecule has 1 unspecified atom stereocenters. The molecule has 0 radical (unpaired) electrons. The molecule has 19 heavy (non-hydrogen) atoms. The van der Waals surface area contributed by atoms with E-state index in [4.69, 9.17) is 0 Å². The molecular weight excluding hydrogens is 256 g/mol. The van der Waals surface area contributed by atoms with Gasteiger partial charge in [-0.3, -0.25) is 4.79 Å². The Morgan fingerprint density at radius 2 is 2.21 bits per heavy atom. The molecule has 0 saturated carbocycles. The Kier molecular flexibility index (Phi) is 5.28. The van der Waals surface area contributed by atoms with Crippen LogP contribution in [0, 0.1) is 0 Å². The lowest BCUT2D eigenvalue weighted by Crippen LogP contribution is -2.49. The van der Waals surface area contributed by atoms with Crippen LogP contribution in [0.1, 0.15) is 24.5 Å². The van der Waals surface area contributed by atoms with E-state index in [-0.39, 0.29) is 18.0 Å². The van der Waals surface area contributed by atoms with Gasteiger partial charge in [0, 0.05) is 12.6 Å². The fourth-order valence-corrected chi connectivity index (χ4v) is 2.94. The standard InChI is InChI=1S/C15H22N2OS/c1-11(7-8-19-2)17-15(18)14-9-12-5-3-4-6-13(12)10-16-14/h3-6,11,14,16H,7-10H2,1-2H3,(H,17,18)/t11?,14-/m1/s1. The maximum Gasteiger partial charge on any atom is 0.237 e. The molecule has 1 aromatic rings. The average molecular weight is 278 g/mol. The zero-order valence-electron chi connectivity index (χ0n) is 11.6. The lowest BCUT2D eigenvalue weighted by molar-refractivity contribution is -0.123. The first-order chi connectivity index (χ1) is 9.20. The first-order valence-electron chi connectivity index (χ1n) is 6.80. The first-order valence-corrected chi connectivity index (χ1v) is 8.19. The summed E-state index contributed by atoms with van der Waals surface area (Å²) in [7, 11) is 0. The molecule has 4 heteroatoms. The minimum Gasteiger partial charge on any atom is -0.352 e. The second-order valence-corrected chi connectivity index (χ2v) is 6.08. The minimum atomic E-state index is -0.0911. The van der Waals surface area contributed by atoms with E-state index in [0.717, 1.165) is 25.1 Å².